The molecule has 7 heteroatoms. The zero-order chi connectivity index (χ0) is 14.0. The lowest BCUT2D eigenvalue weighted by Gasteiger charge is -2.28. The largest absolute Gasteiger partial charge is 0.399 e. The summed E-state index contributed by atoms with van der Waals surface area (Å²) in [4.78, 5) is 2.02. The summed E-state index contributed by atoms with van der Waals surface area (Å²) in [5, 5.41) is 0. The van der Waals surface area contributed by atoms with Crippen molar-refractivity contribution in [1.29, 1.82) is 0 Å². The molecular formula is C12H19N3O3S. The van der Waals surface area contributed by atoms with E-state index in [9.17, 15) is 8.42 Å². The highest BCUT2D eigenvalue weighted by molar-refractivity contribution is 7.89. The molecule has 0 amide bonds. The maximum absolute atomic E-state index is 12.7. The SMILES string of the molecule is CN(C)c1ccc(N)cc1S(=O)(=O)N1CCOCC1. The molecule has 0 atom stereocenters. The fourth-order valence-electron chi connectivity index (χ4n) is 2.03. The molecule has 0 spiro atoms. The molecule has 0 aromatic heterocycles. The van der Waals surface area contributed by atoms with Gasteiger partial charge in [-0.1, -0.05) is 0 Å². The van der Waals surface area contributed by atoms with Crippen LogP contribution < -0.4 is 10.6 Å². The topological polar surface area (TPSA) is 75.9 Å². The van der Waals surface area contributed by atoms with Gasteiger partial charge >= 0.3 is 0 Å². The Hall–Kier alpha value is -1.31. The third-order valence-electron chi connectivity index (χ3n) is 3.05. The number of nitrogens with two attached hydrogens (primary N) is 1. The van der Waals surface area contributed by atoms with Gasteiger partial charge in [0.15, 0.2) is 0 Å². The molecule has 0 saturated carbocycles. The Bertz CT molecular complexity index is 551. The standard InChI is InChI=1S/C12H19N3O3S/c1-14(2)11-4-3-10(13)9-12(11)19(16,17)15-5-7-18-8-6-15/h3-4,9H,5-8,13H2,1-2H3. The van der Waals surface area contributed by atoms with E-state index in [1.807, 2.05) is 14.1 Å². The number of nitrogen functional groups attached to an aromatic ring is 1. The summed E-state index contributed by atoms with van der Waals surface area (Å²) in [7, 11) is 0.0902. The first-order valence-electron chi connectivity index (χ1n) is 6.07. The second-order valence-electron chi connectivity index (χ2n) is 4.64. The molecule has 2 N–H and O–H groups in total. The summed E-state index contributed by atoms with van der Waals surface area (Å²) in [5.41, 5.74) is 6.81. The zero-order valence-electron chi connectivity index (χ0n) is 11.2. The van der Waals surface area contributed by atoms with Crippen LogP contribution in [0.3, 0.4) is 0 Å². The van der Waals surface area contributed by atoms with Crippen molar-refractivity contribution in [2.75, 3.05) is 51.0 Å². The lowest BCUT2D eigenvalue weighted by molar-refractivity contribution is 0.0730. The van der Waals surface area contributed by atoms with Gasteiger partial charge in [0.1, 0.15) is 4.90 Å². The molecule has 1 aliphatic heterocycles. The van der Waals surface area contributed by atoms with Crippen LogP contribution in [0.4, 0.5) is 11.4 Å². The molecule has 6 nitrogen and oxygen atoms in total. The molecule has 2 rings (SSSR count). The number of nitrogens with zero attached hydrogens (tertiary/aromatic N) is 2. The van der Waals surface area contributed by atoms with E-state index in [2.05, 4.69) is 0 Å². The summed E-state index contributed by atoms with van der Waals surface area (Å²) in [5.74, 6) is 0. The van der Waals surface area contributed by atoms with Crippen molar-refractivity contribution in [1.82, 2.24) is 4.31 Å². The Morgan fingerprint density at radius 1 is 1.26 bits per heavy atom. The predicted molar refractivity (Wildman–Crippen MR) is 74.8 cm³/mol. The van der Waals surface area contributed by atoms with Gasteiger partial charge in [-0.15, -0.1) is 0 Å². The van der Waals surface area contributed by atoms with Crippen molar-refractivity contribution in [3.63, 3.8) is 0 Å². The lowest BCUT2D eigenvalue weighted by atomic mass is 10.3. The van der Waals surface area contributed by atoms with Crippen LogP contribution in [0.1, 0.15) is 0 Å². The molecular weight excluding hydrogens is 266 g/mol. The molecule has 19 heavy (non-hydrogen) atoms. The van der Waals surface area contributed by atoms with Crippen molar-refractivity contribution in [2.24, 2.45) is 0 Å². The summed E-state index contributed by atoms with van der Waals surface area (Å²) in [6.07, 6.45) is 0. The Labute approximate surface area is 113 Å². The van der Waals surface area contributed by atoms with Gasteiger partial charge in [-0.05, 0) is 18.2 Å². The normalized spacial score (nSPS) is 17.4. The van der Waals surface area contributed by atoms with Crippen molar-refractivity contribution in [2.45, 2.75) is 4.90 Å². The van der Waals surface area contributed by atoms with E-state index in [-0.39, 0.29) is 4.90 Å². The van der Waals surface area contributed by atoms with Gasteiger partial charge in [-0.2, -0.15) is 4.31 Å². The number of morpholine rings is 1. The first-order valence-corrected chi connectivity index (χ1v) is 7.51. The minimum absolute atomic E-state index is 0.249. The van der Waals surface area contributed by atoms with Crippen LogP contribution in [0.15, 0.2) is 23.1 Å². The molecule has 0 unspecified atom stereocenters. The molecule has 0 bridgehead atoms. The number of benzene rings is 1. The van der Waals surface area contributed by atoms with Crippen LogP contribution in [-0.4, -0.2) is 53.1 Å². The second-order valence-corrected chi connectivity index (χ2v) is 6.54. The average Bonchev–Trinajstić information content (AvgIpc) is 2.39. The van der Waals surface area contributed by atoms with E-state index >= 15 is 0 Å². The highest BCUT2D eigenvalue weighted by atomic mass is 32.2. The zero-order valence-corrected chi connectivity index (χ0v) is 12.0. The third kappa shape index (κ3) is 2.83. The van der Waals surface area contributed by atoms with E-state index in [4.69, 9.17) is 10.5 Å². The van der Waals surface area contributed by atoms with Crippen molar-refractivity contribution >= 4 is 21.4 Å². The molecule has 1 aromatic rings. The Kier molecular flexibility index (Phi) is 3.98. The monoisotopic (exact) mass is 285 g/mol. The molecule has 0 radical (unpaired) electrons. The van der Waals surface area contributed by atoms with Crippen LogP contribution in [0, 0.1) is 0 Å². The minimum Gasteiger partial charge on any atom is -0.399 e. The summed E-state index contributed by atoms with van der Waals surface area (Å²) in [6, 6.07) is 4.94. The fourth-order valence-corrected chi connectivity index (χ4v) is 3.74. The van der Waals surface area contributed by atoms with E-state index in [0.29, 0.717) is 37.7 Å². The number of ether oxygens (including phenoxy) is 1. The van der Waals surface area contributed by atoms with Crippen LogP contribution in [0.2, 0.25) is 0 Å². The summed E-state index contributed by atoms with van der Waals surface area (Å²) >= 11 is 0. The minimum atomic E-state index is -3.53. The molecule has 1 fully saturated rings. The molecule has 1 aromatic carbocycles. The Balaban J connectivity index is 2.46. The second kappa shape index (κ2) is 5.36. The first kappa shape index (κ1) is 14.1. The van der Waals surface area contributed by atoms with Gasteiger partial charge in [0.25, 0.3) is 0 Å². The highest BCUT2D eigenvalue weighted by Crippen LogP contribution is 2.29. The van der Waals surface area contributed by atoms with Crippen LogP contribution >= 0.6 is 0 Å². The highest BCUT2D eigenvalue weighted by Gasteiger charge is 2.29. The van der Waals surface area contributed by atoms with Crippen molar-refractivity contribution in [3.05, 3.63) is 18.2 Å². The summed E-state index contributed by atoms with van der Waals surface area (Å²) < 4.78 is 31.9. The summed E-state index contributed by atoms with van der Waals surface area (Å²) in [6.45, 7) is 1.62. The number of sulfonamides is 1. The molecule has 1 saturated heterocycles. The molecule has 1 aliphatic rings. The van der Waals surface area contributed by atoms with E-state index in [1.165, 1.54) is 10.4 Å². The predicted octanol–water partition coefficient (Wildman–Crippen LogP) is 0.356. The van der Waals surface area contributed by atoms with E-state index < -0.39 is 10.0 Å². The molecule has 0 aliphatic carbocycles. The number of anilines is 2. The smallest absolute Gasteiger partial charge is 0.245 e. The van der Waals surface area contributed by atoms with Crippen LogP contribution in [0.5, 0.6) is 0 Å². The van der Waals surface area contributed by atoms with E-state index in [0.717, 1.165) is 0 Å². The molecule has 106 valence electrons. The molecule has 1 heterocycles. The quantitative estimate of drug-likeness (QED) is 0.811. The van der Waals surface area contributed by atoms with E-state index in [1.54, 1.807) is 17.0 Å². The number of rotatable bonds is 3. The first-order chi connectivity index (χ1) is 8.93. The number of hydrogen-bond donors (Lipinski definition) is 1. The number of hydrogen-bond acceptors (Lipinski definition) is 5. The lowest BCUT2D eigenvalue weighted by Crippen LogP contribution is -2.41. The maximum Gasteiger partial charge on any atom is 0.245 e. The fraction of sp³-hybridized carbons (Fsp3) is 0.500. The van der Waals surface area contributed by atoms with Crippen LogP contribution in [0.25, 0.3) is 0 Å². The van der Waals surface area contributed by atoms with Crippen LogP contribution in [-0.2, 0) is 14.8 Å². The van der Waals surface area contributed by atoms with Gasteiger partial charge in [-0.3, -0.25) is 0 Å². The van der Waals surface area contributed by atoms with Crippen molar-refractivity contribution < 1.29 is 13.2 Å². The maximum atomic E-state index is 12.7. The van der Waals surface area contributed by atoms with Gasteiger partial charge in [0.05, 0.1) is 18.9 Å². The van der Waals surface area contributed by atoms with Gasteiger partial charge in [0, 0.05) is 32.9 Å². The van der Waals surface area contributed by atoms with Crippen molar-refractivity contribution in [3.8, 4) is 0 Å². The van der Waals surface area contributed by atoms with Gasteiger partial charge < -0.3 is 15.4 Å². The Morgan fingerprint density at radius 3 is 2.47 bits per heavy atom. The average molecular weight is 285 g/mol. The Morgan fingerprint density at radius 2 is 1.89 bits per heavy atom. The van der Waals surface area contributed by atoms with Gasteiger partial charge in [-0.25, -0.2) is 8.42 Å². The van der Waals surface area contributed by atoms with Gasteiger partial charge in [0.2, 0.25) is 10.0 Å². The third-order valence-corrected chi connectivity index (χ3v) is 4.98.